The van der Waals surface area contributed by atoms with Gasteiger partial charge in [0.1, 0.15) is 43.0 Å². The van der Waals surface area contributed by atoms with Gasteiger partial charge in [-0.15, -0.1) is 0 Å². The van der Waals surface area contributed by atoms with Crippen molar-refractivity contribution in [2.24, 2.45) is 0 Å². The molecule has 0 aliphatic carbocycles. The van der Waals surface area contributed by atoms with E-state index in [2.05, 4.69) is 0 Å². The molecule has 190 valence electrons. The van der Waals surface area contributed by atoms with E-state index in [-0.39, 0.29) is 24.5 Å². The molecule has 3 rings (SSSR count). The largest absolute Gasteiger partial charge is 0.489 e. The number of hydrogen-bond donors (Lipinski definition) is 4. The minimum atomic E-state index is -1.51. The fraction of sp³-hybridized carbons (Fsp3) is 0.440. The van der Waals surface area contributed by atoms with Crippen molar-refractivity contribution in [1.82, 2.24) is 0 Å². The van der Waals surface area contributed by atoms with Crippen molar-refractivity contribution in [3.8, 4) is 11.5 Å². The summed E-state index contributed by atoms with van der Waals surface area (Å²) in [6.07, 6.45) is -5.92. The van der Waals surface area contributed by atoms with Crippen LogP contribution in [0.3, 0.4) is 0 Å². The van der Waals surface area contributed by atoms with Crippen LogP contribution in [0.5, 0.6) is 11.5 Å². The zero-order chi connectivity index (χ0) is 25.5. The number of ether oxygens (including phenoxy) is 4. The summed E-state index contributed by atoms with van der Waals surface area (Å²) in [4.78, 5) is 23.6. The first kappa shape index (κ1) is 26.6. The fourth-order valence-electron chi connectivity index (χ4n) is 3.33. The third kappa shape index (κ3) is 6.77. The lowest BCUT2D eigenvalue weighted by atomic mass is 10.00. The molecule has 10 heteroatoms. The molecular formula is C25H30O10. The van der Waals surface area contributed by atoms with E-state index in [9.17, 15) is 30.0 Å². The van der Waals surface area contributed by atoms with Crippen LogP contribution in [-0.4, -0.2) is 76.1 Å². The molecule has 0 spiro atoms. The number of benzene rings is 2. The molecule has 0 saturated carbocycles. The molecule has 1 heterocycles. The Morgan fingerprint density at radius 3 is 2.46 bits per heavy atom. The first-order valence-electron chi connectivity index (χ1n) is 11.3. The van der Waals surface area contributed by atoms with E-state index < -0.39 is 42.8 Å². The first-order chi connectivity index (χ1) is 16.7. The summed E-state index contributed by atoms with van der Waals surface area (Å²) in [5, 5.41) is 39.3. The zero-order valence-corrected chi connectivity index (χ0v) is 19.4. The van der Waals surface area contributed by atoms with E-state index in [1.165, 1.54) is 19.1 Å². The number of esters is 1. The number of carbonyl (C=O) groups is 2. The molecule has 1 saturated heterocycles. The molecule has 1 fully saturated rings. The minimum absolute atomic E-state index is 0.0631. The van der Waals surface area contributed by atoms with Crippen LogP contribution in [0, 0.1) is 0 Å². The predicted octanol–water partition coefficient (Wildman–Crippen LogP) is 1.21. The van der Waals surface area contributed by atoms with E-state index in [0.717, 1.165) is 5.56 Å². The molecule has 2 aromatic rings. The maximum Gasteiger partial charge on any atom is 0.338 e. The maximum absolute atomic E-state index is 12.0. The number of aldehydes is 1. The Kier molecular flexibility index (Phi) is 9.19. The lowest BCUT2D eigenvalue weighted by molar-refractivity contribution is -0.268. The van der Waals surface area contributed by atoms with Crippen molar-refractivity contribution < 1.29 is 49.0 Å². The highest BCUT2D eigenvalue weighted by atomic mass is 16.7. The minimum Gasteiger partial charge on any atom is -0.489 e. The number of aliphatic hydroxyl groups is 4. The van der Waals surface area contributed by atoms with Crippen LogP contribution in [-0.2, 0) is 16.1 Å². The number of rotatable bonds is 10. The van der Waals surface area contributed by atoms with Crippen LogP contribution in [0.25, 0.3) is 0 Å². The lowest BCUT2D eigenvalue weighted by Crippen LogP contribution is -2.58. The van der Waals surface area contributed by atoms with Gasteiger partial charge in [-0.2, -0.15) is 0 Å². The van der Waals surface area contributed by atoms with Crippen LogP contribution in [0.2, 0.25) is 0 Å². The highest BCUT2D eigenvalue weighted by Crippen LogP contribution is 2.28. The highest BCUT2D eigenvalue weighted by Gasteiger charge is 2.43. The van der Waals surface area contributed by atoms with Gasteiger partial charge in [0.05, 0.1) is 23.3 Å². The van der Waals surface area contributed by atoms with Gasteiger partial charge in [-0.1, -0.05) is 19.1 Å². The number of carbonyl (C=O) groups excluding carboxylic acids is 2. The van der Waals surface area contributed by atoms with Crippen molar-refractivity contribution in [2.75, 3.05) is 6.61 Å². The van der Waals surface area contributed by atoms with Crippen molar-refractivity contribution >= 4 is 12.3 Å². The van der Waals surface area contributed by atoms with E-state index in [4.69, 9.17) is 18.9 Å². The third-order valence-electron chi connectivity index (χ3n) is 5.63. The normalized spacial score (nSPS) is 24.9. The molecule has 1 aliphatic heterocycles. The average molecular weight is 491 g/mol. The Labute approximate surface area is 202 Å². The van der Waals surface area contributed by atoms with Crippen LogP contribution in [0.4, 0.5) is 0 Å². The van der Waals surface area contributed by atoms with E-state index in [1.807, 2.05) is 0 Å². The molecule has 4 N–H and O–H groups in total. The second-order valence-corrected chi connectivity index (χ2v) is 8.26. The predicted molar refractivity (Wildman–Crippen MR) is 122 cm³/mol. The summed E-state index contributed by atoms with van der Waals surface area (Å²) in [6.45, 7) is 3.42. The van der Waals surface area contributed by atoms with E-state index in [0.29, 0.717) is 24.0 Å². The second kappa shape index (κ2) is 12.1. The molecular weight excluding hydrogens is 460 g/mol. The van der Waals surface area contributed by atoms with Crippen LogP contribution < -0.4 is 9.47 Å². The van der Waals surface area contributed by atoms with Crippen molar-refractivity contribution in [3.05, 3.63) is 59.2 Å². The van der Waals surface area contributed by atoms with Crippen LogP contribution in [0.1, 0.15) is 46.5 Å². The van der Waals surface area contributed by atoms with Gasteiger partial charge in [0, 0.05) is 0 Å². The first-order valence-corrected chi connectivity index (χ1v) is 11.3. The maximum atomic E-state index is 12.0. The van der Waals surface area contributed by atoms with Gasteiger partial charge in [0.25, 0.3) is 0 Å². The Balaban J connectivity index is 1.59. The Morgan fingerprint density at radius 1 is 1.09 bits per heavy atom. The Morgan fingerprint density at radius 2 is 1.80 bits per heavy atom. The van der Waals surface area contributed by atoms with Crippen LogP contribution >= 0.6 is 0 Å². The molecule has 0 bridgehead atoms. The highest BCUT2D eigenvalue weighted by molar-refractivity contribution is 5.89. The van der Waals surface area contributed by atoms with Gasteiger partial charge in [0.15, 0.2) is 6.29 Å². The molecule has 6 unspecified atom stereocenters. The van der Waals surface area contributed by atoms with Gasteiger partial charge < -0.3 is 39.4 Å². The molecule has 10 nitrogen and oxygen atoms in total. The lowest BCUT2D eigenvalue weighted by Gasteiger charge is -2.39. The summed E-state index contributed by atoms with van der Waals surface area (Å²) < 4.78 is 21.8. The molecule has 2 aromatic carbocycles. The standard InChI is InChI=1S/C25H30O10/c1-3-18(27)13-33-24(31)16-6-4-15(5-7-16)12-32-19-8-9-20(17(10-19)11-26)35-25-23(30)22(29)21(28)14(2)34-25/h4-11,14,18,21-23,25,27-30H,3,12-13H2,1-2H3. The molecule has 35 heavy (non-hydrogen) atoms. The average Bonchev–Trinajstić information content (AvgIpc) is 2.88. The smallest absolute Gasteiger partial charge is 0.338 e. The third-order valence-corrected chi connectivity index (χ3v) is 5.63. The Bertz CT molecular complexity index is 992. The van der Waals surface area contributed by atoms with Gasteiger partial charge >= 0.3 is 5.97 Å². The quantitative estimate of drug-likeness (QED) is 0.282. The summed E-state index contributed by atoms with van der Waals surface area (Å²) in [6, 6.07) is 11.1. The summed E-state index contributed by atoms with van der Waals surface area (Å²) in [5.74, 6) is -0.0339. The fourth-order valence-corrected chi connectivity index (χ4v) is 3.33. The van der Waals surface area contributed by atoms with Crippen molar-refractivity contribution in [1.29, 1.82) is 0 Å². The number of hydrogen-bond acceptors (Lipinski definition) is 10. The molecule has 0 amide bonds. The summed E-state index contributed by atoms with van der Waals surface area (Å²) in [5.41, 5.74) is 1.25. The van der Waals surface area contributed by atoms with E-state index in [1.54, 1.807) is 37.3 Å². The number of aliphatic hydroxyl groups excluding tert-OH is 4. The Hall–Kier alpha value is -3.02. The van der Waals surface area contributed by atoms with Gasteiger partial charge in [-0.05, 0) is 49.2 Å². The van der Waals surface area contributed by atoms with Crippen LogP contribution in [0.15, 0.2) is 42.5 Å². The second-order valence-electron chi connectivity index (χ2n) is 8.26. The molecule has 6 atom stereocenters. The van der Waals surface area contributed by atoms with E-state index >= 15 is 0 Å². The van der Waals surface area contributed by atoms with Gasteiger partial charge in [-0.3, -0.25) is 4.79 Å². The topological polar surface area (TPSA) is 152 Å². The summed E-state index contributed by atoms with van der Waals surface area (Å²) in [7, 11) is 0. The van der Waals surface area contributed by atoms with Gasteiger partial charge in [-0.25, -0.2) is 4.79 Å². The molecule has 0 aromatic heterocycles. The summed E-state index contributed by atoms with van der Waals surface area (Å²) >= 11 is 0. The zero-order valence-electron chi connectivity index (χ0n) is 19.4. The molecule has 0 radical (unpaired) electrons. The SMILES string of the molecule is CCC(O)COC(=O)c1ccc(COc2ccc(OC3OC(C)C(O)C(O)C3O)c(C=O)c2)cc1. The van der Waals surface area contributed by atoms with Crippen molar-refractivity contribution in [2.45, 2.75) is 63.7 Å². The monoisotopic (exact) mass is 490 g/mol. The van der Waals surface area contributed by atoms with Gasteiger partial charge in [0.2, 0.25) is 6.29 Å². The molecule has 1 aliphatic rings. The van der Waals surface area contributed by atoms with Crippen molar-refractivity contribution in [3.63, 3.8) is 0 Å².